The molecule has 0 fully saturated rings. The summed E-state index contributed by atoms with van der Waals surface area (Å²) in [6.07, 6.45) is 1.40. The fourth-order valence-corrected chi connectivity index (χ4v) is 1.18. The summed E-state index contributed by atoms with van der Waals surface area (Å²) < 4.78 is 53.1. The van der Waals surface area contributed by atoms with E-state index >= 15 is 0 Å². The monoisotopic (exact) mass is 263 g/mol. The molecule has 1 aromatic carbocycles. The molecule has 0 aromatic heterocycles. The zero-order valence-electron chi connectivity index (χ0n) is 10.2. The summed E-state index contributed by atoms with van der Waals surface area (Å²) in [6, 6.07) is 0. The highest BCUT2D eigenvalue weighted by Gasteiger charge is 2.23. The molecule has 1 rings (SSSR count). The molecule has 0 heterocycles. The van der Waals surface area contributed by atoms with Crippen LogP contribution in [0, 0.1) is 36.1 Å². The third kappa shape index (κ3) is 3.00. The minimum Gasteiger partial charge on any atom is -0.391 e. The number of hydrogen-bond acceptors (Lipinski definition) is 2. The quantitative estimate of drug-likeness (QED) is 0.351. The fourth-order valence-electron chi connectivity index (χ4n) is 1.18. The molecule has 2 nitrogen and oxygen atoms in total. The maximum atomic E-state index is 13.4. The van der Waals surface area contributed by atoms with Crippen molar-refractivity contribution in [3.8, 4) is 0 Å². The van der Waals surface area contributed by atoms with E-state index in [0.29, 0.717) is 0 Å². The van der Waals surface area contributed by atoms with Gasteiger partial charge in [-0.1, -0.05) is 19.0 Å². The minimum absolute atomic E-state index is 0.0891. The van der Waals surface area contributed by atoms with Gasteiger partial charge in [-0.3, -0.25) is 0 Å². The van der Waals surface area contributed by atoms with E-state index in [1.54, 1.807) is 0 Å². The van der Waals surface area contributed by atoms with Gasteiger partial charge in [0.1, 0.15) is 6.61 Å². The van der Waals surface area contributed by atoms with Crippen molar-refractivity contribution in [2.24, 2.45) is 11.1 Å². The standard InChI is InChI=1S/C12H13F4NO/c1-6(2)4-17-18-5-8-11(15)9(13)7(3)10(14)12(8)16/h4,6H,5H2,1-3H3/b17-4+. The Labute approximate surface area is 102 Å². The largest absolute Gasteiger partial charge is 0.391 e. The van der Waals surface area contributed by atoms with E-state index in [9.17, 15) is 17.6 Å². The second-order valence-corrected chi connectivity index (χ2v) is 4.13. The van der Waals surface area contributed by atoms with Gasteiger partial charge in [0.2, 0.25) is 0 Å². The Hall–Kier alpha value is -1.59. The molecular formula is C12H13F4NO. The summed E-state index contributed by atoms with van der Waals surface area (Å²) in [4.78, 5) is 4.60. The summed E-state index contributed by atoms with van der Waals surface area (Å²) in [5, 5.41) is 3.43. The third-order valence-electron chi connectivity index (χ3n) is 2.22. The maximum Gasteiger partial charge on any atom is 0.168 e. The molecule has 0 N–H and O–H groups in total. The molecule has 0 amide bonds. The maximum absolute atomic E-state index is 13.4. The first-order valence-electron chi connectivity index (χ1n) is 5.33. The second kappa shape index (κ2) is 5.84. The number of halogens is 4. The lowest BCUT2D eigenvalue weighted by Crippen LogP contribution is -2.07. The summed E-state index contributed by atoms with van der Waals surface area (Å²) in [5.74, 6) is -5.65. The van der Waals surface area contributed by atoms with Crippen LogP contribution in [0.5, 0.6) is 0 Å². The average Bonchev–Trinajstić information content (AvgIpc) is 2.32. The molecule has 0 aliphatic carbocycles. The summed E-state index contributed by atoms with van der Waals surface area (Å²) in [6.45, 7) is 3.92. The Bertz CT molecular complexity index is 443. The van der Waals surface area contributed by atoms with Crippen LogP contribution in [0.1, 0.15) is 25.0 Å². The van der Waals surface area contributed by atoms with Gasteiger partial charge in [-0.2, -0.15) is 0 Å². The van der Waals surface area contributed by atoms with Crippen LogP contribution in [0.3, 0.4) is 0 Å². The number of oxime groups is 1. The molecule has 0 spiro atoms. The molecule has 6 heteroatoms. The first kappa shape index (κ1) is 14.5. The van der Waals surface area contributed by atoms with Crippen molar-refractivity contribution in [1.29, 1.82) is 0 Å². The van der Waals surface area contributed by atoms with E-state index in [1.165, 1.54) is 6.21 Å². The van der Waals surface area contributed by atoms with Crippen molar-refractivity contribution in [2.75, 3.05) is 0 Å². The van der Waals surface area contributed by atoms with Crippen molar-refractivity contribution in [1.82, 2.24) is 0 Å². The van der Waals surface area contributed by atoms with Crippen molar-refractivity contribution >= 4 is 6.21 Å². The predicted octanol–water partition coefficient (Wildman–Crippen LogP) is 3.71. The lowest BCUT2D eigenvalue weighted by atomic mass is 10.1. The van der Waals surface area contributed by atoms with Crippen LogP contribution in [-0.4, -0.2) is 6.21 Å². The SMILES string of the molecule is Cc1c(F)c(F)c(CO/N=C/C(C)C)c(F)c1F. The minimum atomic E-state index is -1.45. The van der Waals surface area contributed by atoms with Crippen LogP contribution in [-0.2, 0) is 11.4 Å². The predicted molar refractivity (Wildman–Crippen MR) is 59.1 cm³/mol. The Morgan fingerprint density at radius 1 is 1.06 bits per heavy atom. The summed E-state index contributed by atoms with van der Waals surface area (Å²) in [7, 11) is 0. The van der Waals surface area contributed by atoms with Gasteiger partial charge >= 0.3 is 0 Å². The Kier molecular flexibility index (Phi) is 4.69. The van der Waals surface area contributed by atoms with Crippen LogP contribution in [0.2, 0.25) is 0 Å². The van der Waals surface area contributed by atoms with Crippen molar-refractivity contribution in [3.63, 3.8) is 0 Å². The molecule has 100 valence electrons. The highest BCUT2D eigenvalue weighted by Crippen LogP contribution is 2.24. The molecular weight excluding hydrogens is 250 g/mol. The van der Waals surface area contributed by atoms with Gasteiger partial charge in [0.25, 0.3) is 0 Å². The van der Waals surface area contributed by atoms with Gasteiger partial charge in [-0.25, -0.2) is 17.6 Å². The van der Waals surface area contributed by atoms with Gasteiger partial charge in [-0.05, 0) is 12.8 Å². The van der Waals surface area contributed by atoms with Crippen LogP contribution in [0.25, 0.3) is 0 Å². The first-order chi connectivity index (χ1) is 8.36. The number of hydrogen-bond donors (Lipinski definition) is 0. The van der Waals surface area contributed by atoms with E-state index in [2.05, 4.69) is 9.99 Å². The van der Waals surface area contributed by atoms with Gasteiger partial charge in [-0.15, -0.1) is 0 Å². The van der Waals surface area contributed by atoms with Gasteiger partial charge in [0.05, 0.1) is 5.56 Å². The highest BCUT2D eigenvalue weighted by molar-refractivity contribution is 5.58. The molecule has 0 aliphatic rings. The van der Waals surface area contributed by atoms with Crippen LogP contribution >= 0.6 is 0 Å². The zero-order chi connectivity index (χ0) is 13.9. The lowest BCUT2D eigenvalue weighted by Gasteiger charge is -2.08. The Morgan fingerprint density at radius 3 is 2.00 bits per heavy atom. The molecule has 0 aliphatic heterocycles. The molecule has 1 aromatic rings. The van der Waals surface area contributed by atoms with Crippen molar-refractivity contribution < 1.29 is 22.4 Å². The molecule has 0 saturated heterocycles. The van der Waals surface area contributed by atoms with Gasteiger partial charge in [0, 0.05) is 11.8 Å². The molecule has 0 bridgehead atoms. The first-order valence-corrected chi connectivity index (χ1v) is 5.33. The number of benzene rings is 1. The molecule has 0 saturated carbocycles. The number of rotatable bonds is 4. The van der Waals surface area contributed by atoms with Crippen LogP contribution in [0.4, 0.5) is 17.6 Å². The Balaban J connectivity index is 2.96. The van der Waals surface area contributed by atoms with E-state index in [4.69, 9.17) is 0 Å². The molecule has 0 radical (unpaired) electrons. The van der Waals surface area contributed by atoms with Crippen LogP contribution in [0.15, 0.2) is 5.16 Å². The molecule has 18 heavy (non-hydrogen) atoms. The summed E-state index contributed by atoms with van der Waals surface area (Å²) in [5.41, 5.74) is -1.50. The third-order valence-corrected chi connectivity index (χ3v) is 2.22. The van der Waals surface area contributed by atoms with Crippen molar-refractivity contribution in [3.05, 3.63) is 34.4 Å². The normalized spacial score (nSPS) is 11.6. The van der Waals surface area contributed by atoms with Crippen LogP contribution < -0.4 is 0 Å². The highest BCUT2D eigenvalue weighted by atomic mass is 19.2. The number of nitrogens with zero attached hydrogens (tertiary/aromatic N) is 1. The molecule has 0 atom stereocenters. The molecule has 0 unspecified atom stereocenters. The van der Waals surface area contributed by atoms with E-state index in [0.717, 1.165) is 6.92 Å². The Morgan fingerprint density at radius 2 is 1.56 bits per heavy atom. The second-order valence-electron chi connectivity index (χ2n) is 4.13. The fraction of sp³-hybridized carbons (Fsp3) is 0.417. The van der Waals surface area contributed by atoms with Crippen molar-refractivity contribution in [2.45, 2.75) is 27.4 Å². The summed E-state index contributed by atoms with van der Waals surface area (Å²) >= 11 is 0. The smallest absolute Gasteiger partial charge is 0.168 e. The zero-order valence-corrected chi connectivity index (χ0v) is 10.2. The van der Waals surface area contributed by atoms with Gasteiger partial charge < -0.3 is 4.84 Å². The lowest BCUT2D eigenvalue weighted by molar-refractivity contribution is 0.124. The average molecular weight is 263 g/mol. The van der Waals surface area contributed by atoms with E-state index in [-0.39, 0.29) is 5.92 Å². The topological polar surface area (TPSA) is 21.6 Å². The van der Waals surface area contributed by atoms with E-state index < -0.39 is 41.0 Å². The van der Waals surface area contributed by atoms with Gasteiger partial charge in [0.15, 0.2) is 23.3 Å². The van der Waals surface area contributed by atoms with E-state index in [1.807, 2.05) is 13.8 Å².